The van der Waals surface area contributed by atoms with E-state index in [1.807, 2.05) is 35.7 Å². The number of hydrogen-bond donors (Lipinski definition) is 1. The van der Waals surface area contributed by atoms with Crippen molar-refractivity contribution >= 4 is 40.8 Å². The summed E-state index contributed by atoms with van der Waals surface area (Å²) < 4.78 is 5.09. The number of ether oxygens (including phenoxy) is 1. The number of esters is 1. The van der Waals surface area contributed by atoms with E-state index in [0.717, 1.165) is 23.0 Å². The highest BCUT2D eigenvalue weighted by molar-refractivity contribution is 8.02. The van der Waals surface area contributed by atoms with E-state index in [9.17, 15) is 14.4 Å². The number of nitrogens with zero attached hydrogens (tertiary/aromatic N) is 1. The van der Waals surface area contributed by atoms with Gasteiger partial charge in [-0.05, 0) is 0 Å². The van der Waals surface area contributed by atoms with Crippen molar-refractivity contribution in [1.82, 2.24) is 4.98 Å². The molecule has 0 amide bonds. The molecule has 1 N–H and O–H groups in total. The van der Waals surface area contributed by atoms with E-state index >= 15 is 0 Å². The van der Waals surface area contributed by atoms with E-state index in [2.05, 4.69) is 9.72 Å². The van der Waals surface area contributed by atoms with Gasteiger partial charge in [0.15, 0.2) is 4.34 Å². The highest BCUT2D eigenvalue weighted by Gasteiger charge is 2.48. The molecular formula is C14H9NO5S2. The first-order chi connectivity index (χ1) is 10.6. The second kappa shape index (κ2) is 5.90. The monoisotopic (exact) mass is 335 g/mol. The molecule has 1 fully saturated rings. The minimum atomic E-state index is -1.46. The number of benzene rings is 1. The van der Waals surface area contributed by atoms with E-state index in [1.54, 1.807) is 0 Å². The van der Waals surface area contributed by atoms with Crippen molar-refractivity contribution in [3.63, 3.8) is 0 Å². The third-order valence-corrected chi connectivity index (χ3v) is 5.21. The average Bonchev–Trinajstić information content (AvgIpc) is 3.09. The second-order valence-electron chi connectivity index (χ2n) is 4.43. The van der Waals surface area contributed by atoms with Crippen LogP contribution < -0.4 is 0 Å². The lowest BCUT2D eigenvalue weighted by Gasteiger charge is -2.09. The molecule has 112 valence electrons. The van der Waals surface area contributed by atoms with Crippen LogP contribution in [0.1, 0.15) is 0 Å². The first-order valence-corrected chi connectivity index (χ1v) is 7.97. The number of carbonyl (C=O) groups is 3. The van der Waals surface area contributed by atoms with Crippen molar-refractivity contribution in [2.45, 2.75) is 15.7 Å². The lowest BCUT2D eigenvalue weighted by Crippen LogP contribution is -2.31. The Bertz CT molecular complexity index is 743. The maximum absolute atomic E-state index is 11.7. The van der Waals surface area contributed by atoms with Gasteiger partial charge in [0.25, 0.3) is 5.78 Å². The molecule has 2 heterocycles. The summed E-state index contributed by atoms with van der Waals surface area (Å²) in [5.41, 5.74) is 1.66. The van der Waals surface area contributed by atoms with Crippen LogP contribution in [0.2, 0.25) is 0 Å². The highest BCUT2D eigenvalue weighted by atomic mass is 32.2. The summed E-state index contributed by atoms with van der Waals surface area (Å²) in [6, 6.07) is 9.46. The molecule has 22 heavy (non-hydrogen) atoms. The molecule has 3 rings (SSSR count). The highest BCUT2D eigenvalue weighted by Crippen LogP contribution is 2.35. The van der Waals surface area contributed by atoms with Crippen molar-refractivity contribution in [3.05, 3.63) is 35.7 Å². The van der Waals surface area contributed by atoms with Gasteiger partial charge in [0, 0.05) is 10.9 Å². The Morgan fingerprint density at radius 2 is 2.00 bits per heavy atom. The van der Waals surface area contributed by atoms with Gasteiger partial charge in [-0.1, -0.05) is 42.1 Å². The van der Waals surface area contributed by atoms with Gasteiger partial charge in [-0.15, -0.1) is 11.3 Å². The smallest absolute Gasteiger partial charge is 0.376 e. The standard InChI is InChI=1S/C14H9NO5S2/c16-9-11(10(12(17)18)20-13(9)19)22-14-15-8(6-21-14)7-4-2-1-3-5-7/h1-6,10-11H,(H,17,18). The van der Waals surface area contributed by atoms with Gasteiger partial charge < -0.3 is 9.84 Å². The predicted molar refractivity (Wildman–Crippen MR) is 79.7 cm³/mol. The maximum atomic E-state index is 11.7. The Morgan fingerprint density at radius 3 is 2.68 bits per heavy atom. The minimum Gasteiger partial charge on any atom is -0.478 e. The van der Waals surface area contributed by atoms with Crippen LogP contribution in [-0.2, 0) is 19.1 Å². The van der Waals surface area contributed by atoms with Crippen LogP contribution in [0.25, 0.3) is 11.3 Å². The Kier molecular flexibility index (Phi) is 3.95. The maximum Gasteiger partial charge on any atom is 0.376 e. The summed E-state index contributed by atoms with van der Waals surface area (Å²) in [5.74, 6) is -3.28. The predicted octanol–water partition coefficient (Wildman–Crippen LogP) is 1.85. The molecule has 2 unspecified atom stereocenters. The van der Waals surface area contributed by atoms with Gasteiger partial charge >= 0.3 is 11.9 Å². The molecule has 2 atom stereocenters. The van der Waals surface area contributed by atoms with E-state index in [-0.39, 0.29) is 0 Å². The van der Waals surface area contributed by atoms with Crippen LogP contribution in [0.15, 0.2) is 40.1 Å². The topological polar surface area (TPSA) is 93.6 Å². The van der Waals surface area contributed by atoms with E-state index in [1.165, 1.54) is 11.3 Å². The SMILES string of the molecule is O=C1OC(C(=O)O)C(Sc2nc(-c3ccccc3)cs2)C1=O. The fourth-order valence-corrected chi connectivity index (χ4v) is 4.04. The number of Topliss-reactive ketones (excluding diaryl/α,β-unsaturated/α-hetero) is 1. The largest absolute Gasteiger partial charge is 0.478 e. The molecule has 0 bridgehead atoms. The fourth-order valence-electron chi connectivity index (χ4n) is 1.95. The Balaban J connectivity index is 1.81. The third-order valence-electron chi connectivity index (χ3n) is 2.99. The molecule has 6 nitrogen and oxygen atoms in total. The van der Waals surface area contributed by atoms with Crippen molar-refractivity contribution in [1.29, 1.82) is 0 Å². The Hall–Kier alpha value is -2.19. The second-order valence-corrected chi connectivity index (χ2v) is 6.68. The zero-order valence-electron chi connectivity index (χ0n) is 11.0. The van der Waals surface area contributed by atoms with Gasteiger partial charge in [0.05, 0.1) is 5.69 Å². The van der Waals surface area contributed by atoms with Gasteiger partial charge in [-0.25, -0.2) is 14.6 Å². The summed E-state index contributed by atoms with van der Waals surface area (Å²) in [6.07, 6.45) is -1.46. The number of aliphatic carboxylic acids is 1. The van der Waals surface area contributed by atoms with Crippen molar-refractivity contribution < 1.29 is 24.2 Å². The molecule has 1 aliphatic heterocycles. The fraction of sp³-hybridized carbons (Fsp3) is 0.143. The van der Waals surface area contributed by atoms with Crippen LogP contribution in [0.3, 0.4) is 0 Å². The zero-order valence-corrected chi connectivity index (χ0v) is 12.6. The van der Waals surface area contributed by atoms with Gasteiger partial charge in [-0.2, -0.15) is 0 Å². The molecule has 1 aromatic heterocycles. The van der Waals surface area contributed by atoms with E-state index < -0.39 is 29.1 Å². The lowest BCUT2D eigenvalue weighted by atomic mass is 10.2. The normalized spacial score (nSPS) is 20.9. The first kappa shape index (κ1) is 14.7. The molecule has 8 heteroatoms. The molecule has 1 saturated heterocycles. The van der Waals surface area contributed by atoms with Crippen LogP contribution in [0, 0.1) is 0 Å². The number of carbonyl (C=O) groups excluding carboxylic acids is 2. The van der Waals surface area contributed by atoms with Crippen molar-refractivity contribution in [3.8, 4) is 11.3 Å². The molecule has 2 aromatic rings. The van der Waals surface area contributed by atoms with Crippen LogP contribution in [0.4, 0.5) is 0 Å². The summed E-state index contributed by atoms with van der Waals surface area (Å²) in [7, 11) is 0. The third kappa shape index (κ3) is 2.75. The molecule has 1 aromatic carbocycles. The van der Waals surface area contributed by atoms with Gasteiger partial charge in [-0.3, -0.25) is 4.79 Å². The lowest BCUT2D eigenvalue weighted by molar-refractivity contribution is -0.158. The molecule has 1 aliphatic rings. The quantitative estimate of drug-likeness (QED) is 0.673. The first-order valence-electron chi connectivity index (χ1n) is 6.21. The number of carboxylic acid groups (broad SMARTS) is 1. The number of thiazole rings is 1. The van der Waals surface area contributed by atoms with Gasteiger partial charge in [0.2, 0.25) is 6.10 Å². The van der Waals surface area contributed by atoms with Crippen LogP contribution in [0.5, 0.6) is 0 Å². The summed E-state index contributed by atoms with van der Waals surface area (Å²) in [5, 5.41) is 9.74. The van der Waals surface area contributed by atoms with Gasteiger partial charge in [0.1, 0.15) is 5.25 Å². The number of carboxylic acids is 1. The molecular weight excluding hydrogens is 326 g/mol. The Labute approximate surface area is 133 Å². The van der Waals surface area contributed by atoms with E-state index in [4.69, 9.17) is 5.11 Å². The summed E-state index contributed by atoms with van der Waals surface area (Å²) in [4.78, 5) is 38.4. The van der Waals surface area contributed by atoms with Crippen molar-refractivity contribution in [2.24, 2.45) is 0 Å². The van der Waals surface area contributed by atoms with Crippen molar-refractivity contribution in [2.75, 3.05) is 0 Å². The number of thioether (sulfide) groups is 1. The van der Waals surface area contributed by atoms with Crippen LogP contribution >= 0.6 is 23.1 Å². The minimum absolute atomic E-state index is 0.516. The average molecular weight is 335 g/mol. The zero-order chi connectivity index (χ0) is 15.7. The molecule has 0 aliphatic carbocycles. The number of ketones is 1. The Morgan fingerprint density at radius 1 is 1.27 bits per heavy atom. The number of rotatable bonds is 4. The van der Waals surface area contributed by atoms with E-state index in [0.29, 0.717) is 4.34 Å². The number of aromatic nitrogens is 1. The molecule has 0 spiro atoms. The molecule has 0 saturated carbocycles. The molecule has 0 radical (unpaired) electrons. The summed E-state index contributed by atoms with van der Waals surface area (Å²) >= 11 is 2.23. The van der Waals surface area contributed by atoms with Crippen LogP contribution in [-0.4, -0.2) is 39.2 Å². The number of cyclic esters (lactones) is 1. The number of hydrogen-bond acceptors (Lipinski definition) is 7. The summed E-state index contributed by atoms with van der Waals surface area (Å²) in [6.45, 7) is 0.